The summed E-state index contributed by atoms with van der Waals surface area (Å²) in [6.45, 7) is 0.854. The van der Waals surface area contributed by atoms with Crippen molar-refractivity contribution in [3.05, 3.63) is 0 Å². The molecule has 7 nitrogen and oxygen atoms in total. The van der Waals surface area contributed by atoms with Gasteiger partial charge in [0.15, 0.2) is 0 Å². The zero-order valence-electron chi connectivity index (χ0n) is 6.74. The predicted octanol–water partition coefficient (Wildman–Crippen LogP) is -1.09. The molecule has 2 N–H and O–H groups in total. The van der Waals surface area contributed by atoms with Crippen LogP contribution >= 0.6 is 0 Å². The van der Waals surface area contributed by atoms with Crippen molar-refractivity contribution in [2.45, 2.75) is 19.4 Å². The van der Waals surface area contributed by atoms with Gasteiger partial charge in [0.05, 0.1) is 12.7 Å². The van der Waals surface area contributed by atoms with Crippen molar-refractivity contribution in [2.75, 3.05) is 6.61 Å². The van der Waals surface area contributed by atoms with Gasteiger partial charge in [0, 0.05) is 0 Å². The summed E-state index contributed by atoms with van der Waals surface area (Å²) in [5.74, 6) is 0. The molecule has 0 aliphatic heterocycles. The minimum Gasteiger partial charge on any atom is -0.391 e. The fraction of sp³-hybridized carbons (Fsp3) is 1.00. The van der Waals surface area contributed by atoms with E-state index in [2.05, 4.69) is 4.18 Å². The molecule has 0 amide bonds. The Hall–Kier alpha value is -0.220. The lowest BCUT2D eigenvalue weighted by molar-refractivity contribution is 0.109. The average molecular weight is 234 g/mol. The van der Waals surface area contributed by atoms with Crippen LogP contribution in [-0.2, 0) is 22.5 Å². The van der Waals surface area contributed by atoms with Gasteiger partial charge in [-0.2, -0.15) is 16.8 Å². The van der Waals surface area contributed by atoms with Crippen molar-refractivity contribution in [2.24, 2.45) is 0 Å². The van der Waals surface area contributed by atoms with Crippen molar-refractivity contribution < 1.29 is 30.7 Å². The molecular formula is C4H10O7S2. The summed E-state index contributed by atoms with van der Waals surface area (Å²) in [6.07, 6.45) is -0.877. The summed E-state index contributed by atoms with van der Waals surface area (Å²) in [4.78, 5) is 0. The minimum absolute atomic E-state index is 0.209. The van der Waals surface area contributed by atoms with E-state index in [1.54, 1.807) is 6.92 Å². The summed E-state index contributed by atoms with van der Waals surface area (Å²) in [5, 5.41) is 8.82. The Labute approximate surface area is 75.6 Å². The van der Waals surface area contributed by atoms with E-state index in [1.165, 1.54) is 0 Å². The monoisotopic (exact) mass is 234 g/mol. The molecule has 0 spiro atoms. The average Bonchev–Trinajstić information content (AvgIpc) is 1.98. The molecule has 0 aliphatic rings. The summed E-state index contributed by atoms with van der Waals surface area (Å²) in [7, 11) is -10.3. The number of aliphatic hydroxyl groups excluding tert-OH is 1. The zero-order chi connectivity index (χ0) is 10.7. The Kier molecular flexibility index (Phi) is 4.26. The molecule has 0 rings (SSSR count). The highest BCUT2D eigenvalue weighted by Crippen LogP contribution is 2.03. The van der Waals surface area contributed by atoms with E-state index in [0.717, 1.165) is 0 Å². The van der Waals surface area contributed by atoms with Crippen molar-refractivity contribution in [3.8, 4) is 0 Å². The molecule has 0 aromatic heterocycles. The molecule has 0 fully saturated rings. The molecule has 0 saturated heterocycles. The maximum absolute atomic E-state index is 10.5. The normalized spacial score (nSPS) is 15.6. The van der Waals surface area contributed by atoms with Crippen LogP contribution in [0.15, 0.2) is 0 Å². The molecule has 0 radical (unpaired) electrons. The number of rotatable bonds is 5. The van der Waals surface area contributed by atoms with Crippen molar-refractivity contribution in [1.29, 1.82) is 0 Å². The maximum atomic E-state index is 10.5. The van der Waals surface area contributed by atoms with Gasteiger partial charge < -0.3 is 5.11 Å². The Bertz CT molecular complexity index is 339. The molecule has 0 aromatic carbocycles. The van der Waals surface area contributed by atoms with Crippen molar-refractivity contribution >= 4 is 18.3 Å². The second kappa shape index (κ2) is 4.33. The zero-order valence-corrected chi connectivity index (χ0v) is 8.38. The molecular weight excluding hydrogens is 224 g/mol. The summed E-state index contributed by atoms with van der Waals surface area (Å²) in [5.41, 5.74) is 0. The van der Waals surface area contributed by atoms with Crippen LogP contribution in [0.2, 0.25) is 0 Å². The molecule has 0 bridgehead atoms. The van der Waals surface area contributed by atoms with Gasteiger partial charge in [-0.15, -0.1) is 0 Å². The van der Waals surface area contributed by atoms with E-state index in [0.29, 0.717) is 0 Å². The van der Waals surface area contributed by atoms with E-state index in [-0.39, 0.29) is 6.42 Å². The third-order valence-corrected chi connectivity index (χ3v) is 3.91. The molecule has 1 unspecified atom stereocenters. The first-order valence-electron chi connectivity index (χ1n) is 3.25. The Morgan fingerprint density at radius 1 is 1.31 bits per heavy atom. The first-order chi connectivity index (χ1) is 5.70. The molecule has 0 heterocycles. The third-order valence-electron chi connectivity index (χ3n) is 1.13. The van der Waals surface area contributed by atoms with E-state index in [9.17, 15) is 16.8 Å². The summed E-state index contributed by atoms with van der Waals surface area (Å²) >= 11 is 0. The summed E-state index contributed by atoms with van der Waals surface area (Å²) in [6, 6.07) is 0. The number of hydrogen-bond donors (Lipinski definition) is 2. The Morgan fingerprint density at radius 2 is 1.77 bits per heavy atom. The SMILES string of the molecule is CCC(O)COS(=O)(=O)S(=O)(=O)O. The highest BCUT2D eigenvalue weighted by Gasteiger charge is 2.28. The van der Waals surface area contributed by atoms with Gasteiger partial charge in [-0.3, -0.25) is 8.74 Å². The van der Waals surface area contributed by atoms with Crippen LogP contribution in [0.3, 0.4) is 0 Å². The fourth-order valence-corrected chi connectivity index (χ4v) is 1.32. The molecule has 13 heavy (non-hydrogen) atoms. The molecule has 0 aliphatic carbocycles. The highest BCUT2D eigenvalue weighted by atomic mass is 33.2. The van der Waals surface area contributed by atoms with Gasteiger partial charge in [0.2, 0.25) is 0 Å². The summed E-state index contributed by atoms with van der Waals surface area (Å²) < 4.78 is 53.2. The number of hydrogen-bond acceptors (Lipinski definition) is 6. The van der Waals surface area contributed by atoms with E-state index >= 15 is 0 Å². The van der Waals surface area contributed by atoms with Gasteiger partial charge in [-0.25, -0.2) is 0 Å². The first kappa shape index (κ1) is 12.8. The van der Waals surface area contributed by atoms with E-state index < -0.39 is 31.0 Å². The van der Waals surface area contributed by atoms with Gasteiger partial charge in [0.25, 0.3) is 0 Å². The lowest BCUT2D eigenvalue weighted by Crippen LogP contribution is -2.23. The lowest BCUT2D eigenvalue weighted by atomic mass is 10.3. The van der Waals surface area contributed by atoms with Crippen LogP contribution in [0.4, 0.5) is 0 Å². The molecule has 80 valence electrons. The Balaban J connectivity index is 4.40. The van der Waals surface area contributed by atoms with Crippen LogP contribution < -0.4 is 0 Å². The van der Waals surface area contributed by atoms with Crippen LogP contribution in [0.25, 0.3) is 0 Å². The van der Waals surface area contributed by atoms with Crippen LogP contribution in [0, 0.1) is 0 Å². The van der Waals surface area contributed by atoms with Gasteiger partial charge >= 0.3 is 18.3 Å². The van der Waals surface area contributed by atoms with Crippen molar-refractivity contribution in [3.63, 3.8) is 0 Å². The van der Waals surface area contributed by atoms with Crippen LogP contribution in [-0.4, -0.2) is 39.2 Å². The minimum atomic E-state index is -5.27. The van der Waals surface area contributed by atoms with Gasteiger partial charge in [0.1, 0.15) is 0 Å². The fourth-order valence-electron chi connectivity index (χ4n) is 0.341. The van der Waals surface area contributed by atoms with Crippen LogP contribution in [0.1, 0.15) is 13.3 Å². The predicted molar refractivity (Wildman–Crippen MR) is 42.7 cm³/mol. The standard InChI is InChI=1S/C4H10O7S2/c1-2-4(5)3-11-13(9,10)12(6,7)8/h4-5H,2-3H2,1H3,(H,6,7,8). The Morgan fingerprint density at radius 3 is 2.08 bits per heavy atom. The molecule has 0 aromatic rings. The smallest absolute Gasteiger partial charge is 0.391 e. The number of aliphatic hydroxyl groups is 1. The topological polar surface area (TPSA) is 118 Å². The van der Waals surface area contributed by atoms with E-state index in [1.807, 2.05) is 0 Å². The third kappa shape index (κ3) is 4.00. The highest BCUT2D eigenvalue weighted by molar-refractivity contribution is 8.63. The van der Waals surface area contributed by atoms with Crippen LogP contribution in [0.5, 0.6) is 0 Å². The first-order valence-corrected chi connectivity index (χ1v) is 6.62. The van der Waals surface area contributed by atoms with Gasteiger partial charge in [-0.05, 0) is 6.42 Å². The largest absolute Gasteiger partial charge is 0.400 e. The second-order valence-electron chi connectivity index (χ2n) is 2.18. The second-order valence-corrected chi connectivity index (χ2v) is 6.58. The maximum Gasteiger partial charge on any atom is 0.400 e. The molecule has 1 atom stereocenters. The quantitative estimate of drug-likeness (QED) is 0.458. The molecule has 9 heteroatoms. The van der Waals surface area contributed by atoms with Crippen molar-refractivity contribution in [1.82, 2.24) is 0 Å². The van der Waals surface area contributed by atoms with Gasteiger partial charge in [-0.1, -0.05) is 6.92 Å². The molecule has 0 saturated carbocycles. The van der Waals surface area contributed by atoms with E-state index in [4.69, 9.17) is 9.66 Å². The lowest BCUT2D eigenvalue weighted by Gasteiger charge is -2.06.